The molecule has 0 atom stereocenters. The summed E-state index contributed by atoms with van der Waals surface area (Å²) >= 11 is 12.5. The zero-order chi connectivity index (χ0) is 22.2. The summed E-state index contributed by atoms with van der Waals surface area (Å²) in [5.41, 5.74) is 4.24. The fourth-order valence-corrected chi connectivity index (χ4v) is 4.62. The second kappa shape index (κ2) is 8.58. The van der Waals surface area contributed by atoms with Crippen LogP contribution < -0.4 is 15.0 Å². The number of fused-ring (bicyclic) bond motifs is 2. The SMILES string of the molecule is CCN1CCc2cc(Nc3ncc4c(n3)OCN(c3c(Cl)cccc3Cl)C4=O)ccc2C1. The standard InChI is InChI=1S/C23H21Cl2N5O2/c1-2-29-9-8-14-10-16(7-6-15(14)12-29)27-23-26-11-17-21(28-23)32-13-30(22(17)31)20-18(24)4-3-5-19(20)25/h3-7,10-11H,2,8-9,12-13H2,1H3,(H,26,27,28). The number of carbonyl (C=O) groups excluding carboxylic acids is 1. The number of hydrogen-bond acceptors (Lipinski definition) is 6. The molecular weight excluding hydrogens is 449 g/mol. The minimum Gasteiger partial charge on any atom is -0.455 e. The average molecular weight is 470 g/mol. The molecule has 2 aromatic carbocycles. The smallest absolute Gasteiger partial charge is 0.268 e. The summed E-state index contributed by atoms with van der Waals surface area (Å²) in [7, 11) is 0. The number of ether oxygens (including phenoxy) is 1. The molecule has 0 saturated heterocycles. The molecule has 2 aliphatic heterocycles. The Morgan fingerprint density at radius 2 is 1.97 bits per heavy atom. The number of anilines is 3. The number of aromatic nitrogens is 2. The number of hydrogen-bond donors (Lipinski definition) is 1. The summed E-state index contributed by atoms with van der Waals surface area (Å²) in [4.78, 5) is 25.6. The molecule has 0 bridgehead atoms. The lowest BCUT2D eigenvalue weighted by atomic mass is 9.99. The van der Waals surface area contributed by atoms with E-state index < -0.39 is 0 Å². The van der Waals surface area contributed by atoms with Gasteiger partial charge >= 0.3 is 0 Å². The Morgan fingerprint density at radius 1 is 1.16 bits per heavy atom. The van der Waals surface area contributed by atoms with Crippen LogP contribution in [0.25, 0.3) is 0 Å². The molecule has 0 saturated carbocycles. The van der Waals surface area contributed by atoms with Gasteiger partial charge in [-0.15, -0.1) is 0 Å². The lowest BCUT2D eigenvalue weighted by Gasteiger charge is -2.29. The van der Waals surface area contributed by atoms with Gasteiger partial charge in [0.1, 0.15) is 5.56 Å². The van der Waals surface area contributed by atoms with Crippen molar-refractivity contribution in [3.8, 4) is 5.88 Å². The minimum atomic E-state index is -0.318. The molecule has 9 heteroatoms. The van der Waals surface area contributed by atoms with E-state index in [9.17, 15) is 4.79 Å². The van der Waals surface area contributed by atoms with E-state index in [0.29, 0.717) is 21.7 Å². The van der Waals surface area contributed by atoms with Crippen LogP contribution in [0.15, 0.2) is 42.6 Å². The molecular formula is C23H21Cl2N5O2. The molecule has 32 heavy (non-hydrogen) atoms. The van der Waals surface area contributed by atoms with E-state index in [-0.39, 0.29) is 24.1 Å². The number of para-hydroxylation sites is 1. The second-order valence-corrected chi connectivity index (χ2v) is 8.53. The molecule has 1 amide bonds. The van der Waals surface area contributed by atoms with Gasteiger partial charge in [-0.3, -0.25) is 14.6 Å². The van der Waals surface area contributed by atoms with Crippen molar-refractivity contribution in [3.05, 3.63) is 69.3 Å². The normalized spacial score (nSPS) is 15.7. The lowest BCUT2D eigenvalue weighted by Crippen LogP contribution is -2.39. The van der Waals surface area contributed by atoms with Gasteiger partial charge in [-0.25, -0.2) is 4.98 Å². The monoisotopic (exact) mass is 469 g/mol. The minimum absolute atomic E-state index is 0.0431. The number of halogens is 2. The van der Waals surface area contributed by atoms with Crippen molar-refractivity contribution >= 4 is 46.4 Å². The molecule has 7 nitrogen and oxygen atoms in total. The molecule has 0 spiro atoms. The van der Waals surface area contributed by atoms with Crippen LogP contribution in [0.1, 0.15) is 28.4 Å². The zero-order valence-corrected chi connectivity index (χ0v) is 19.0. The third-order valence-corrected chi connectivity index (χ3v) is 6.38. The van der Waals surface area contributed by atoms with Gasteiger partial charge in [0, 0.05) is 25.0 Å². The number of nitrogens with zero attached hydrogens (tertiary/aromatic N) is 4. The first kappa shape index (κ1) is 21.0. The number of nitrogens with one attached hydrogen (secondary N) is 1. The van der Waals surface area contributed by atoms with Crippen LogP contribution in [-0.4, -0.2) is 40.6 Å². The maximum atomic E-state index is 13.0. The number of benzene rings is 2. The van der Waals surface area contributed by atoms with Crippen molar-refractivity contribution in [2.24, 2.45) is 0 Å². The van der Waals surface area contributed by atoms with Crippen molar-refractivity contribution in [2.75, 3.05) is 30.0 Å². The Hall–Kier alpha value is -2.87. The molecule has 0 aliphatic carbocycles. The van der Waals surface area contributed by atoms with Crippen LogP contribution in [0, 0.1) is 0 Å². The van der Waals surface area contributed by atoms with Crippen molar-refractivity contribution in [1.29, 1.82) is 0 Å². The topological polar surface area (TPSA) is 70.6 Å². The lowest BCUT2D eigenvalue weighted by molar-refractivity contribution is 0.0932. The molecule has 5 rings (SSSR count). The maximum Gasteiger partial charge on any atom is 0.268 e. The van der Waals surface area contributed by atoms with Gasteiger partial charge in [-0.05, 0) is 48.4 Å². The van der Waals surface area contributed by atoms with Gasteiger partial charge in [0.05, 0.1) is 15.7 Å². The second-order valence-electron chi connectivity index (χ2n) is 7.72. The van der Waals surface area contributed by atoms with Crippen molar-refractivity contribution in [1.82, 2.24) is 14.9 Å². The Morgan fingerprint density at radius 3 is 2.75 bits per heavy atom. The molecule has 3 aromatic rings. The van der Waals surface area contributed by atoms with E-state index in [1.807, 2.05) is 6.07 Å². The van der Waals surface area contributed by atoms with Crippen LogP contribution in [0.3, 0.4) is 0 Å². The third-order valence-electron chi connectivity index (χ3n) is 5.77. The van der Waals surface area contributed by atoms with Crippen molar-refractivity contribution in [2.45, 2.75) is 19.9 Å². The van der Waals surface area contributed by atoms with Crippen LogP contribution in [0.4, 0.5) is 17.3 Å². The average Bonchev–Trinajstić information content (AvgIpc) is 2.80. The number of carbonyl (C=O) groups is 1. The van der Waals surface area contributed by atoms with Gasteiger partial charge in [0.15, 0.2) is 6.73 Å². The van der Waals surface area contributed by atoms with Gasteiger partial charge in [-0.2, -0.15) is 4.98 Å². The first-order valence-electron chi connectivity index (χ1n) is 10.4. The fourth-order valence-electron chi connectivity index (χ4n) is 4.01. The summed E-state index contributed by atoms with van der Waals surface area (Å²) in [6, 6.07) is 11.4. The summed E-state index contributed by atoms with van der Waals surface area (Å²) in [5, 5.41) is 3.96. The van der Waals surface area contributed by atoms with Gasteiger partial charge in [0.2, 0.25) is 11.8 Å². The highest BCUT2D eigenvalue weighted by Gasteiger charge is 2.31. The zero-order valence-electron chi connectivity index (χ0n) is 17.4. The Kier molecular flexibility index (Phi) is 5.63. The molecule has 1 N–H and O–H groups in total. The highest BCUT2D eigenvalue weighted by molar-refractivity contribution is 6.40. The first-order valence-corrected chi connectivity index (χ1v) is 11.2. The van der Waals surface area contributed by atoms with Crippen LogP contribution in [-0.2, 0) is 13.0 Å². The van der Waals surface area contributed by atoms with Gasteiger partial charge < -0.3 is 10.1 Å². The third kappa shape index (κ3) is 3.88. The molecule has 0 fully saturated rings. The molecule has 0 unspecified atom stereocenters. The predicted octanol–water partition coefficient (Wildman–Crippen LogP) is 4.90. The van der Waals surface area contributed by atoms with E-state index >= 15 is 0 Å². The van der Waals surface area contributed by atoms with Crippen molar-refractivity contribution < 1.29 is 9.53 Å². The quantitative estimate of drug-likeness (QED) is 0.585. The molecule has 164 valence electrons. The molecule has 1 aromatic heterocycles. The number of rotatable bonds is 4. The Balaban J connectivity index is 1.36. The fraction of sp³-hybridized carbons (Fsp3) is 0.261. The summed E-state index contributed by atoms with van der Waals surface area (Å²) in [6.45, 7) is 5.23. The van der Waals surface area contributed by atoms with E-state index in [1.54, 1.807) is 18.2 Å². The van der Waals surface area contributed by atoms with E-state index in [4.69, 9.17) is 27.9 Å². The first-order chi connectivity index (χ1) is 15.5. The molecule has 3 heterocycles. The van der Waals surface area contributed by atoms with Crippen LogP contribution in [0.5, 0.6) is 5.88 Å². The number of amides is 1. The Bertz CT molecular complexity index is 1180. The van der Waals surface area contributed by atoms with E-state index in [0.717, 1.165) is 31.7 Å². The number of likely N-dealkylation sites (N-methyl/N-ethyl adjacent to an activating group) is 1. The van der Waals surface area contributed by atoms with E-state index in [2.05, 4.69) is 39.2 Å². The molecule has 2 aliphatic rings. The summed E-state index contributed by atoms with van der Waals surface area (Å²) < 4.78 is 5.76. The molecule has 0 radical (unpaired) electrons. The maximum absolute atomic E-state index is 13.0. The predicted molar refractivity (Wildman–Crippen MR) is 125 cm³/mol. The highest BCUT2D eigenvalue weighted by atomic mass is 35.5. The van der Waals surface area contributed by atoms with Crippen LogP contribution >= 0.6 is 23.2 Å². The largest absolute Gasteiger partial charge is 0.455 e. The Labute approximate surface area is 195 Å². The highest BCUT2D eigenvalue weighted by Crippen LogP contribution is 2.37. The summed E-state index contributed by atoms with van der Waals surface area (Å²) in [5.74, 6) is 0.275. The van der Waals surface area contributed by atoms with Crippen molar-refractivity contribution in [3.63, 3.8) is 0 Å². The summed E-state index contributed by atoms with van der Waals surface area (Å²) in [6.07, 6.45) is 2.48. The van der Waals surface area contributed by atoms with Gasteiger partial charge in [0.25, 0.3) is 5.91 Å². The van der Waals surface area contributed by atoms with Gasteiger partial charge in [-0.1, -0.05) is 42.3 Å². The van der Waals surface area contributed by atoms with E-state index in [1.165, 1.54) is 22.2 Å². The van der Waals surface area contributed by atoms with Crippen LogP contribution in [0.2, 0.25) is 10.0 Å².